The fraction of sp³-hybridized carbons (Fsp3) is 0.308. The molecule has 0 spiro atoms. The molecule has 1 aromatic carbocycles. The number of benzene rings is 1. The van der Waals surface area contributed by atoms with E-state index in [-0.39, 0.29) is 19.0 Å². The number of halogens is 3. The zero-order chi connectivity index (χ0) is 14.5. The van der Waals surface area contributed by atoms with Crippen molar-refractivity contribution >= 4 is 52.1 Å². The van der Waals surface area contributed by atoms with Crippen molar-refractivity contribution in [1.29, 1.82) is 0 Å². The molecular weight excluding hydrogens is 353 g/mol. The van der Waals surface area contributed by atoms with Crippen LogP contribution in [0.25, 0.3) is 0 Å². The van der Waals surface area contributed by atoms with Crippen molar-refractivity contribution in [2.45, 2.75) is 13.1 Å². The molecule has 0 radical (unpaired) electrons. The number of aliphatic hydroxyl groups excluding tert-OH is 1. The van der Waals surface area contributed by atoms with E-state index in [4.69, 9.17) is 28.9 Å². The van der Waals surface area contributed by atoms with Crippen LogP contribution in [0.4, 0.5) is 5.13 Å². The van der Waals surface area contributed by atoms with Gasteiger partial charge in [0, 0.05) is 30.7 Å². The van der Waals surface area contributed by atoms with Crippen LogP contribution in [0.1, 0.15) is 10.4 Å². The van der Waals surface area contributed by atoms with Crippen molar-refractivity contribution < 1.29 is 5.11 Å². The van der Waals surface area contributed by atoms with Crippen LogP contribution in [0.5, 0.6) is 0 Å². The molecule has 116 valence electrons. The van der Waals surface area contributed by atoms with E-state index in [0.29, 0.717) is 34.8 Å². The first-order valence-electron chi connectivity index (χ1n) is 6.06. The topological polar surface area (TPSA) is 62.4 Å². The molecule has 2 rings (SSSR count). The van der Waals surface area contributed by atoms with Gasteiger partial charge in [0.05, 0.1) is 16.7 Å². The molecule has 0 aliphatic rings. The summed E-state index contributed by atoms with van der Waals surface area (Å²) in [6, 6.07) is 5.55. The first-order chi connectivity index (χ1) is 9.58. The molecule has 0 fully saturated rings. The van der Waals surface area contributed by atoms with Gasteiger partial charge in [-0.2, -0.15) is 0 Å². The molecule has 0 saturated heterocycles. The van der Waals surface area contributed by atoms with E-state index in [2.05, 4.69) is 9.88 Å². The summed E-state index contributed by atoms with van der Waals surface area (Å²) in [5.74, 6) is 0. The van der Waals surface area contributed by atoms with Gasteiger partial charge in [-0.1, -0.05) is 29.3 Å². The molecule has 1 aromatic heterocycles. The molecular formula is C13H16Cl3N3OS. The highest BCUT2D eigenvalue weighted by Crippen LogP contribution is 2.24. The summed E-state index contributed by atoms with van der Waals surface area (Å²) < 4.78 is 0. The molecule has 0 amide bonds. The van der Waals surface area contributed by atoms with Crippen LogP contribution in [0.3, 0.4) is 0 Å². The van der Waals surface area contributed by atoms with Crippen LogP contribution in [-0.2, 0) is 13.1 Å². The molecule has 0 bridgehead atoms. The van der Waals surface area contributed by atoms with Crippen molar-refractivity contribution in [3.05, 3.63) is 44.9 Å². The Balaban J connectivity index is 0.00000220. The highest BCUT2D eigenvalue weighted by Gasteiger charge is 2.10. The summed E-state index contributed by atoms with van der Waals surface area (Å²) >= 11 is 13.4. The van der Waals surface area contributed by atoms with Crippen molar-refractivity contribution in [2.75, 3.05) is 18.9 Å². The smallest absolute Gasteiger partial charge is 0.180 e. The molecule has 8 heteroatoms. The summed E-state index contributed by atoms with van der Waals surface area (Å²) in [6.07, 6.45) is 1.76. The Labute approximate surface area is 143 Å². The number of nitrogens with zero attached hydrogens (tertiary/aromatic N) is 2. The Hall–Kier alpha value is -0.560. The molecule has 0 unspecified atom stereocenters. The minimum absolute atomic E-state index is 0. The van der Waals surface area contributed by atoms with Crippen LogP contribution in [0.15, 0.2) is 24.4 Å². The van der Waals surface area contributed by atoms with Gasteiger partial charge in [-0.3, -0.25) is 4.90 Å². The molecule has 0 saturated carbocycles. The van der Waals surface area contributed by atoms with E-state index < -0.39 is 0 Å². The summed E-state index contributed by atoms with van der Waals surface area (Å²) in [5, 5.41) is 10.8. The van der Waals surface area contributed by atoms with E-state index in [0.717, 1.165) is 10.4 Å². The van der Waals surface area contributed by atoms with Gasteiger partial charge >= 0.3 is 0 Å². The van der Waals surface area contributed by atoms with Crippen molar-refractivity contribution in [2.24, 2.45) is 0 Å². The van der Waals surface area contributed by atoms with Crippen LogP contribution in [0, 0.1) is 0 Å². The SMILES string of the molecule is Cl.Nc1ncc(CN(CCO)Cc2ccc(Cl)c(Cl)c2)s1. The maximum absolute atomic E-state index is 9.17. The Morgan fingerprint density at radius 3 is 2.57 bits per heavy atom. The largest absolute Gasteiger partial charge is 0.395 e. The molecule has 0 atom stereocenters. The highest BCUT2D eigenvalue weighted by atomic mass is 35.5. The van der Waals surface area contributed by atoms with Crippen LogP contribution < -0.4 is 5.73 Å². The number of aliphatic hydroxyl groups is 1. The van der Waals surface area contributed by atoms with Gasteiger partial charge in [-0.05, 0) is 17.7 Å². The summed E-state index contributed by atoms with van der Waals surface area (Å²) in [6.45, 7) is 2.03. The van der Waals surface area contributed by atoms with E-state index >= 15 is 0 Å². The summed E-state index contributed by atoms with van der Waals surface area (Å²) in [4.78, 5) is 7.20. The zero-order valence-corrected chi connectivity index (χ0v) is 14.3. The van der Waals surface area contributed by atoms with Gasteiger partial charge in [0.15, 0.2) is 5.13 Å². The Morgan fingerprint density at radius 2 is 2.00 bits per heavy atom. The number of nitrogen functional groups attached to an aromatic ring is 1. The predicted molar refractivity (Wildman–Crippen MR) is 91.4 cm³/mol. The fourth-order valence-corrected chi connectivity index (χ4v) is 2.92. The second-order valence-corrected chi connectivity index (χ2v) is 6.31. The highest BCUT2D eigenvalue weighted by molar-refractivity contribution is 7.15. The van der Waals surface area contributed by atoms with Crippen molar-refractivity contribution in [3.63, 3.8) is 0 Å². The minimum atomic E-state index is 0. The maximum Gasteiger partial charge on any atom is 0.180 e. The van der Waals surface area contributed by atoms with Crippen LogP contribution >= 0.6 is 46.9 Å². The van der Waals surface area contributed by atoms with E-state index in [1.165, 1.54) is 11.3 Å². The van der Waals surface area contributed by atoms with E-state index in [1.54, 1.807) is 12.3 Å². The third-order valence-electron chi connectivity index (χ3n) is 2.76. The quantitative estimate of drug-likeness (QED) is 0.820. The standard InChI is InChI=1S/C13H15Cl2N3OS.ClH/c14-11-2-1-9(5-12(11)15)7-18(3-4-19)8-10-6-17-13(16)20-10;/h1-2,5-6,19H,3-4,7-8H2,(H2,16,17);1H. The zero-order valence-electron chi connectivity index (χ0n) is 11.1. The third kappa shape index (κ3) is 5.62. The molecule has 4 nitrogen and oxygen atoms in total. The van der Waals surface area contributed by atoms with Gasteiger partial charge in [-0.25, -0.2) is 4.98 Å². The van der Waals surface area contributed by atoms with Crippen molar-refractivity contribution in [3.8, 4) is 0 Å². The molecule has 21 heavy (non-hydrogen) atoms. The monoisotopic (exact) mass is 367 g/mol. The van der Waals surface area contributed by atoms with Gasteiger partial charge < -0.3 is 10.8 Å². The lowest BCUT2D eigenvalue weighted by atomic mass is 10.2. The third-order valence-corrected chi connectivity index (χ3v) is 4.31. The maximum atomic E-state index is 9.17. The summed E-state index contributed by atoms with van der Waals surface area (Å²) in [7, 11) is 0. The first-order valence-corrected chi connectivity index (χ1v) is 7.63. The van der Waals surface area contributed by atoms with Gasteiger partial charge in [-0.15, -0.1) is 23.7 Å². The Bertz CT molecular complexity index is 580. The van der Waals surface area contributed by atoms with Crippen LogP contribution in [0.2, 0.25) is 10.0 Å². The second kappa shape index (κ2) is 8.78. The number of thiazole rings is 1. The molecule has 1 heterocycles. The number of hydrogen-bond donors (Lipinski definition) is 2. The minimum Gasteiger partial charge on any atom is -0.395 e. The average molecular weight is 369 g/mol. The number of rotatable bonds is 6. The summed E-state index contributed by atoms with van der Waals surface area (Å²) in [5.41, 5.74) is 6.67. The molecule has 0 aliphatic heterocycles. The fourth-order valence-electron chi connectivity index (χ4n) is 1.87. The van der Waals surface area contributed by atoms with Crippen molar-refractivity contribution in [1.82, 2.24) is 9.88 Å². The first kappa shape index (κ1) is 18.5. The van der Waals surface area contributed by atoms with Gasteiger partial charge in [0.2, 0.25) is 0 Å². The van der Waals surface area contributed by atoms with Gasteiger partial charge in [0.25, 0.3) is 0 Å². The normalized spacial score (nSPS) is 10.7. The second-order valence-electron chi connectivity index (χ2n) is 4.35. The van der Waals surface area contributed by atoms with E-state index in [1.807, 2.05) is 12.1 Å². The van der Waals surface area contributed by atoms with Crippen LogP contribution in [-0.4, -0.2) is 28.1 Å². The molecule has 2 aromatic rings. The molecule has 0 aliphatic carbocycles. The number of hydrogen-bond acceptors (Lipinski definition) is 5. The lowest BCUT2D eigenvalue weighted by molar-refractivity contribution is 0.185. The number of aromatic nitrogens is 1. The lowest BCUT2D eigenvalue weighted by Crippen LogP contribution is -2.25. The molecule has 3 N–H and O–H groups in total. The lowest BCUT2D eigenvalue weighted by Gasteiger charge is -2.20. The number of anilines is 1. The average Bonchev–Trinajstić information content (AvgIpc) is 2.80. The number of nitrogens with two attached hydrogens (primary N) is 1. The van der Waals surface area contributed by atoms with Gasteiger partial charge in [0.1, 0.15) is 0 Å². The predicted octanol–water partition coefficient (Wildman–Crippen LogP) is 3.45. The van der Waals surface area contributed by atoms with E-state index in [9.17, 15) is 5.11 Å². The Morgan fingerprint density at radius 1 is 1.24 bits per heavy atom. The Kier molecular flexibility index (Phi) is 7.73.